The molecule has 0 atom stereocenters. The second-order valence-electron chi connectivity index (χ2n) is 7.64. The van der Waals surface area contributed by atoms with Gasteiger partial charge >= 0.3 is 0 Å². The lowest BCUT2D eigenvalue weighted by molar-refractivity contribution is 0.0997. The number of aromatic amines is 1. The fraction of sp³-hybridized carbons (Fsp3) is 0.318. The number of carbonyl (C=O) groups excluding carboxylic acids is 1. The number of hydrogen-bond donors (Lipinski definition) is 4. The van der Waals surface area contributed by atoms with Gasteiger partial charge < -0.3 is 29.5 Å². The quantitative estimate of drug-likeness (QED) is 0.346. The maximum absolute atomic E-state index is 13.0. The van der Waals surface area contributed by atoms with Crippen molar-refractivity contribution in [3.63, 3.8) is 0 Å². The minimum Gasteiger partial charge on any atom is -0.449 e. The van der Waals surface area contributed by atoms with E-state index < -0.39 is 0 Å². The first kappa shape index (κ1) is 20.1. The predicted molar refractivity (Wildman–Crippen MR) is 120 cm³/mol. The summed E-state index contributed by atoms with van der Waals surface area (Å²) in [5.41, 5.74) is 3.45. The molecule has 4 heterocycles. The molecule has 0 unspecified atom stereocenters. The topological polar surface area (TPSA) is 132 Å². The molecule has 10 nitrogen and oxygen atoms in total. The van der Waals surface area contributed by atoms with Crippen LogP contribution in [0.4, 0.5) is 17.4 Å². The number of aliphatic hydroxyl groups is 1. The minimum absolute atomic E-state index is 0.0251. The highest BCUT2D eigenvalue weighted by molar-refractivity contribution is 6.06. The molecule has 1 aliphatic heterocycles. The van der Waals surface area contributed by atoms with Crippen LogP contribution in [0.2, 0.25) is 0 Å². The Labute approximate surface area is 183 Å². The van der Waals surface area contributed by atoms with Crippen molar-refractivity contribution in [3.8, 4) is 11.5 Å². The van der Waals surface area contributed by atoms with Crippen LogP contribution in [-0.2, 0) is 0 Å². The molecule has 3 aromatic heterocycles. The first-order chi connectivity index (χ1) is 15.7. The van der Waals surface area contributed by atoms with Gasteiger partial charge in [0.05, 0.1) is 18.0 Å². The van der Waals surface area contributed by atoms with Crippen LogP contribution in [0.15, 0.2) is 45.4 Å². The van der Waals surface area contributed by atoms with E-state index in [1.165, 1.54) is 6.42 Å². The molecule has 4 aromatic rings. The first-order valence-corrected chi connectivity index (χ1v) is 10.7. The molecule has 1 saturated heterocycles. The van der Waals surface area contributed by atoms with Gasteiger partial charge in [0.25, 0.3) is 11.9 Å². The van der Waals surface area contributed by atoms with Crippen LogP contribution in [0.25, 0.3) is 22.6 Å². The van der Waals surface area contributed by atoms with E-state index in [-0.39, 0.29) is 18.3 Å². The van der Waals surface area contributed by atoms with Gasteiger partial charge in [-0.15, -0.1) is 0 Å². The summed E-state index contributed by atoms with van der Waals surface area (Å²) in [5.74, 6) is 0.378. The Morgan fingerprint density at radius 1 is 1.16 bits per heavy atom. The highest BCUT2D eigenvalue weighted by Crippen LogP contribution is 2.34. The Hall–Kier alpha value is -3.79. The van der Waals surface area contributed by atoms with Gasteiger partial charge in [-0.05, 0) is 43.5 Å². The van der Waals surface area contributed by atoms with Crippen LogP contribution < -0.4 is 15.5 Å². The lowest BCUT2D eigenvalue weighted by Crippen LogP contribution is -2.30. The number of amides is 1. The monoisotopic (exact) mass is 436 g/mol. The number of rotatable bonds is 7. The number of hydrogen-bond acceptors (Lipinski definition) is 8. The van der Waals surface area contributed by atoms with E-state index >= 15 is 0 Å². The fourth-order valence-electron chi connectivity index (χ4n) is 3.88. The molecule has 0 aliphatic carbocycles. The van der Waals surface area contributed by atoms with Gasteiger partial charge in [-0.25, -0.2) is 0 Å². The van der Waals surface area contributed by atoms with Crippen LogP contribution in [-0.4, -0.2) is 52.4 Å². The molecule has 0 radical (unpaired) electrons. The Morgan fingerprint density at radius 2 is 2.03 bits per heavy atom. The van der Waals surface area contributed by atoms with E-state index in [1.54, 1.807) is 30.5 Å². The Balaban J connectivity index is 1.45. The van der Waals surface area contributed by atoms with Gasteiger partial charge in [-0.3, -0.25) is 9.89 Å². The Morgan fingerprint density at radius 3 is 2.81 bits per heavy atom. The molecule has 0 bridgehead atoms. The number of fused-ring (bicyclic) bond motifs is 1. The van der Waals surface area contributed by atoms with Crippen LogP contribution in [0.3, 0.4) is 0 Å². The van der Waals surface area contributed by atoms with Crippen molar-refractivity contribution in [1.82, 2.24) is 15.2 Å². The van der Waals surface area contributed by atoms with Crippen molar-refractivity contribution in [3.05, 3.63) is 42.3 Å². The zero-order valence-corrected chi connectivity index (χ0v) is 17.4. The van der Waals surface area contributed by atoms with Gasteiger partial charge in [0, 0.05) is 31.9 Å². The average Bonchev–Trinajstić information content (AvgIpc) is 3.57. The third kappa shape index (κ3) is 4.04. The number of oxazole rings is 1. The van der Waals surface area contributed by atoms with Gasteiger partial charge in [0.1, 0.15) is 11.2 Å². The number of aromatic nitrogens is 3. The lowest BCUT2D eigenvalue weighted by atomic mass is 10.1. The van der Waals surface area contributed by atoms with Crippen molar-refractivity contribution in [2.24, 2.45) is 0 Å². The molecule has 1 amide bonds. The van der Waals surface area contributed by atoms with Crippen molar-refractivity contribution in [2.75, 3.05) is 41.8 Å². The zero-order chi connectivity index (χ0) is 21.9. The molecule has 0 spiro atoms. The molecular formula is C22H24N6O4. The highest BCUT2D eigenvalue weighted by Gasteiger charge is 2.21. The summed E-state index contributed by atoms with van der Waals surface area (Å²) in [7, 11) is 0. The molecule has 5 rings (SSSR count). The Bertz CT molecular complexity index is 1210. The van der Waals surface area contributed by atoms with Gasteiger partial charge in [0.15, 0.2) is 17.1 Å². The van der Waals surface area contributed by atoms with Gasteiger partial charge in [-0.1, -0.05) is 0 Å². The second kappa shape index (κ2) is 8.75. The number of carbonyl (C=O) groups is 1. The molecular weight excluding hydrogens is 412 g/mol. The minimum atomic E-state index is -0.355. The summed E-state index contributed by atoms with van der Waals surface area (Å²) in [6.45, 7) is 2.13. The number of anilines is 3. The molecule has 4 N–H and O–H groups in total. The summed E-state index contributed by atoms with van der Waals surface area (Å²) in [5, 5.41) is 21.7. The molecule has 1 aliphatic rings. The summed E-state index contributed by atoms with van der Waals surface area (Å²) >= 11 is 0. The first-order valence-electron chi connectivity index (χ1n) is 10.7. The normalized spacial score (nSPS) is 14.1. The van der Waals surface area contributed by atoms with Gasteiger partial charge in [-0.2, -0.15) is 10.1 Å². The fourth-order valence-corrected chi connectivity index (χ4v) is 3.88. The van der Waals surface area contributed by atoms with E-state index in [0.717, 1.165) is 31.6 Å². The van der Waals surface area contributed by atoms with E-state index in [9.17, 15) is 4.79 Å². The third-order valence-corrected chi connectivity index (χ3v) is 5.43. The van der Waals surface area contributed by atoms with Crippen LogP contribution >= 0.6 is 0 Å². The molecule has 1 fully saturated rings. The Kier molecular flexibility index (Phi) is 5.51. The summed E-state index contributed by atoms with van der Waals surface area (Å²) < 4.78 is 11.5. The zero-order valence-electron chi connectivity index (χ0n) is 17.4. The molecule has 1 aromatic carbocycles. The van der Waals surface area contributed by atoms with Crippen molar-refractivity contribution in [2.45, 2.75) is 19.3 Å². The number of piperidine rings is 1. The maximum atomic E-state index is 13.0. The summed E-state index contributed by atoms with van der Waals surface area (Å²) in [4.78, 5) is 19.7. The van der Waals surface area contributed by atoms with E-state index in [2.05, 4.69) is 30.7 Å². The molecule has 32 heavy (non-hydrogen) atoms. The second-order valence-corrected chi connectivity index (χ2v) is 7.64. The van der Waals surface area contributed by atoms with Crippen molar-refractivity contribution >= 4 is 34.4 Å². The van der Waals surface area contributed by atoms with Crippen LogP contribution in [0.5, 0.6) is 0 Å². The predicted octanol–water partition coefficient (Wildman–Crippen LogP) is 3.46. The standard InChI is InChI=1S/C22H24N6O4/c29-11-8-23-22-26-16-12-17(28-9-2-1-3-10-28)15(13-20(16)32-22)25-21(30)19-5-4-18(31-19)14-6-7-24-27-14/h4-7,12-13,29H,1-3,8-11H2,(H,23,26)(H,24,27)(H,25,30). The molecule has 166 valence electrons. The van der Waals surface area contributed by atoms with Crippen molar-refractivity contribution in [1.29, 1.82) is 0 Å². The van der Waals surface area contributed by atoms with E-state index in [0.29, 0.717) is 40.8 Å². The SMILES string of the molecule is O=C(Nc1cc2oc(NCCO)nc2cc1N1CCCCC1)c1ccc(-c2ccn[nH]2)o1. The summed E-state index contributed by atoms with van der Waals surface area (Å²) in [6.07, 6.45) is 5.01. The van der Waals surface area contributed by atoms with E-state index in [1.807, 2.05) is 6.07 Å². The third-order valence-electron chi connectivity index (χ3n) is 5.43. The molecule has 10 heteroatoms. The highest BCUT2D eigenvalue weighted by atomic mass is 16.4. The van der Waals surface area contributed by atoms with Gasteiger partial charge in [0.2, 0.25) is 0 Å². The smallest absolute Gasteiger partial charge is 0.295 e. The number of furan rings is 1. The maximum Gasteiger partial charge on any atom is 0.295 e. The van der Waals surface area contributed by atoms with Crippen LogP contribution in [0.1, 0.15) is 29.8 Å². The number of nitrogens with zero attached hydrogens (tertiary/aromatic N) is 3. The van der Waals surface area contributed by atoms with E-state index in [4.69, 9.17) is 13.9 Å². The number of benzene rings is 1. The number of H-pyrrole nitrogens is 1. The van der Waals surface area contributed by atoms with Crippen molar-refractivity contribution < 1.29 is 18.7 Å². The lowest BCUT2D eigenvalue weighted by Gasteiger charge is -2.30. The molecule has 0 saturated carbocycles. The summed E-state index contributed by atoms with van der Waals surface area (Å²) in [6, 6.07) is 9.19. The largest absolute Gasteiger partial charge is 0.449 e. The number of nitrogens with one attached hydrogen (secondary N) is 3. The average molecular weight is 436 g/mol. The number of aliphatic hydroxyl groups excluding tert-OH is 1. The van der Waals surface area contributed by atoms with Crippen LogP contribution in [0, 0.1) is 0 Å².